The zero-order chi connectivity index (χ0) is 12.8. The summed E-state index contributed by atoms with van der Waals surface area (Å²) < 4.78 is 11.3. The Bertz CT molecular complexity index is 229. The predicted octanol–water partition coefficient (Wildman–Crippen LogP) is 1.42. The quantitative estimate of drug-likeness (QED) is 0.781. The number of hydrogen-bond acceptors (Lipinski definition) is 4. The van der Waals surface area contributed by atoms with E-state index in [2.05, 4.69) is 11.8 Å². The summed E-state index contributed by atoms with van der Waals surface area (Å²) in [6.45, 7) is 6.83. The Morgan fingerprint density at radius 1 is 1.33 bits per heavy atom. The van der Waals surface area contributed by atoms with Crippen molar-refractivity contribution in [2.24, 2.45) is 0 Å². The average Bonchev–Trinajstić information content (AvgIpc) is 2.90. The van der Waals surface area contributed by atoms with Crippen molar-refractivity contribution in [2.75, 3.05) is 32.8 Å². The normalized spacial score (nSPS) is 31.7. The van der Waals surface area contributed by atoms with E-state index in [4.69, 9.17) is 9.47 Å². The SMILES string of the molecule is CCCN1CCOC(C(O)CCC2CCCO2)C1. The topological polar surface area (TPSA) is 41.9 Å². The van der Waals surface area contributed by atoms with E-state index < -0.39 is 0 Å². The van der Waals surface area contributed by atoms with Crippen molar-refractivity contribution in [1.82, 2.24) is 4.90 Å². The van der Waals surface area contributed by atoms with Crippen LogP contribution in [0.4, 0.5) is 0 Å². The molecule has 0 aromatic rings. The molecule has 0 radical (unpaired) electrons. The lowest BCUT2D eigenvalue weighted by Crippen LogP contribution is -2.47. The lowest BCUT2D eigenvalue weighted by atomic mass is 10.0. The van der Waals surface area contributed by atoms with Crippen LogP contribution in [0.25, 0.3) is 0 Å². The number of morpholine rings is 1. The first-order valence-corrected chi connectivity index (χ1v) is 7.43. The van der Waals surface area contributed by atoms with Crippen molar-refractivity contribution in [3.63, 3.8) is 0 Å². The van der Waals surface area contributed by atoms with Crippen molar-refractivity contribution < 1.29 is 14.6 Å². The molecule has 2 heterocycles. The van der Waals surface area contributed by atoms with Crippen LogP contribution in [0.1, 0.15) is 39.0 Å². The third kappa shape index (κ3) is 4.19. The summed E-state index contributed by atoms with van der Waals surface area (Å²) in [5.74, 6) is 0. The standard InChI is InChI=1S/C14H27NO3/c1-2-7-15-8-10-18-14(11-15)13(16)6-5-12-4-3-9-17-12/h12-14,16H,2-11H2,1H3. The zero-order valence-electron chi connectivity index (χ0n) is 11.5. The van der Waals surface area contributed by atoms with Crippen molar-refractivity contribution in [2.45, 2.75) is 57.3 Å². The third-order valence-corrected chi connectivity index (χ3v) is 3.95. The van der Waals surface area contributed by atoms with E-state index >= 15 is 0 Å². The molecule has 0 aromatic carbocycles. The molecule has 0 saturated carbocycles. The van der Waals surface area contributed by atoms with E-state index in [1.54, 1.807) is 0 Å². The van der Waals surface area contributed by atoms with Crippen molar-refractivity contribution >= 4 is 0 Å². The van der Waals surface area contributed by atoms with Gasteiger partial charge in [-0.05, 0) is 38.6 Å². The zero-order valence-corrected chi connectivity index (χ0v) is 11.5. The smallest absolute Gasteiger partial charge is 0.0961 e. The van der Waals surface area contributed by atoms with Crippen LogP contribution >= 0.6 is 0 Å². The number of hydrogen-bond donors (Lipinski definition) is 1. The van der Waals surface area contributed by atoms with Gasteiger partial charge < -0.3 is 14.6 Å². The van der Waals surface area contributed by atoms with Gasteiger partial charge in [-0.1, -0.05) is 6.92 Å². The molecule has 106 valence electrons. The van der Waals surface area contributed by atoms with Gasteiger partial charge in [0.2, 0.25) is 0 Å². The van der Waals surface area contributed by atoms with Gasteiger partial charge in [0, 0.05) is 19.7 Å². The Labute approximate surface area is 110 Å². The van der Waals surface area contributed by atoms with Crippen LogP contribution < -0.4 is 0 Å². The fourth-order valence-electron chi connectivity index (χ4n) is 2.90. The van der Waals surface area contributed by atoms with Gasteiger partial charge in [-0.15, -0.1) is 0 Å². The number of nitrogens with zero attached hydrogens (tertiary/aromatic N) is 1. The van der Waals surface area contributed by atoms with Gasteiger partial charge in [0.1, 0.15) is 0 Å². The number of aliphatic hydroxyl groups excluding tert-OH is 1. The summed E-state index contributed by atoms with van der Waals surface area (Å²) in [5.41, 5.74) is 0. The van der Waals surface area contributed by atoms with E-state index in [1.165, 1.54) is 12.8 Å². The van der Waals surface area contributed by atoms with E-state index in [9.17, 15) is 5.11 Å². The first-order chi connectivity index (χ1) is 8.79. The Kier molecular flexibility index (Phi) is 5.89. The monoisotopic (exact) mass is 257 g/mol. The molecule has 2 fully saturated rings. The van der Waals surface area contributed by atoms with Gasteiger partial charge in [-0.25, -0.2) is 0 Å². The molecule has 3 unspecified atom stereocenters. The molecule has 0 aromatic heterocycles. The first kappa shape index (κ1) is 14.3. The van der Waals surface area contributed by atoms with Gasteiger partial charge in [0.15, 0.2) is 0 Å². The van der Waals surface area contributed by atoms with Gasteiger partial charge >= 0.3 is 0 Å². The summed E-state index contributed by atoms with van der Waals surface area (Å²) >= 11 is 0. The minimum absolute atomic E-state index is 0.00768. The molecule has 18 heavy (non-hydrogen) atoms. The molecule has 0 aliphatic carbocycles. The van der Waals surface area contributed by atoms with Gasteiger partial charge in [0.25, 0.3) is 0 Å². The highest BCUT2D eigenvalue weighted by atomic mass is 16.5. The lowest BCUT2D eigenvalue weighted by Gasteiger charge is -2.35. The highest BCUT2D eigenvalue weighted by Crippen LogP contribution is 2.20. The molecule has 0 spiro atoms. The summed E-state index contributed by atoms with van der Waals surface area (Å²) in [4.78, 5) is 2.39. The molecule has 1 N–H and O–H groups in total. The molecule has 2 saturated heterocycles. The maximum Gasteiger partial charge on any atom is 0.0961 e. The third-order valence-electron chi connectivity index (χ3n) is 3.95. The first-order valence-electron chi connectivity index (χ1n) is 7.43. The van der Waals surface area contributed by atoms with Crippen LogP contribution in [-0.4, -0.2) is 61.2 Å². The van der Waals surface area contributed by atoms with Crippen molar-refractivity contribution in [1.29, 1.82) is 0 Å². The molecule has 2 aliphatic heterocycles. The fourth-order valence-corrected chi connectivity index (χ4v) is 2.90. The maximum absolute atomic E-state index is 10.2. The molecule has 4 heteroatoms. The van der Waals surface area contributed by atoms with Crippen LogP contribution in [0.2, 0.25) is 0 Å². The fraction of sp³-hybridized carbons (Fsp3) is 1.00. The van der Waals surface area contributed by atoms with Crippen molar-refractivity contribution in [3.8, 4) is 0 Å². The van der Waals surface area contributed by atoms with E-state index in [1.807, 2.05) is 0 Å². The average molecular weight is 257 g/mol. The molecule has 2 rings (SSSR count). The minimum Gasteiger partial charge on any atom is -0.390 e. The summed E-state index contributed by atoms with van der Waals surface area (Å²) in [6.07, 6.45) is 5.28. The van der Waals surface area contributed by atoms with Gasteiger partial charge in [0.05, 0.1) is 24.9 Å². The minimum atomic E-state index is -0.339. The number of rotatable bonds is 6. The van der Waals surface area contributed by atoms with Gasteiger partial charge in [-0.2, -0.15) is 0 Å². The Balaban J connectivity index is 1.68. The van der Waals surface area contributed by atoms with Crippen LogP contribution in [-0.2, 0) is 9.47 Å². The lowest BCUT2D eigenvalue weighted by molar-refractivity contribution is -0.0927. The highest BCUT2D eigenvalue weighted by Gasteiger charge is 2.27. The summed E-state index contributed by atoms with van der Waals surface area (Å²) in [7, 11) is 0. The van der Waals surface area contributed by atoms with E-state index in [0.29, 0.717) is 6.10 Å². The molecular weight excluding hydrogens is 230 g/mol. The predicted molar refractivity (Wildman–Crippen MR) is 70.7 cm³/mol. The second-order valence-electron chi connectivity index (χ2n) is 5.49. The van der Waals surface area contributed by atoms with E-state index in [0.717, 1.165) is 52.1 Å². The molecule has 0 amide bonds. The molecular formula is C14H27NO3. The molecule has 0 bridgehead atoms. The van der Waals surface area contributed by atoms with Crippen molar-refractivity contribution in [3.05, 3.63) is 0 Å². The Morgan fingerprint density at radius 3 is 2.94 bits per heavy atom. The van der Waals surface area contributed by atoms with E-state index in [-0.39, 0.29) is 12.2 Å². The second-order valence-corrected chi connectivity index (χ2v) is 5.49. The second kappa shape index (κ2) is 7.43. The number of ether oxygens (including phenoxy) is 2. The van der Waals surface area contributed by atoms with Crippen LogP contribution in [0.15, 0.2) is 0 Å². The van der Waals surface area contributed by atoms with Crippen LogP contribution in [0, 0.1) is 0 Å². The summed E-state index contributed by atoms with van der Waals surface area (Å²) in [5, 5.41) is 10.2. The highest BCUT2D eigenvalue weighted by molar-refractivity contribution is 4.79. The summed E-state index contributed by atoms with van der Waals surface area (Å²) in [6, 6.07) is 0. The largest absolute Gasteiger partial charge is 0.390 e. The molecule has 3 atom stereocenters. The molecule has 4 nitrogen and oxygen atoms in total. The Morgan fingerprint density at radius 2 is 2.22 bits per heavy atom. The van der Waals surface area contributed by atoms with Crippen LogP contribution in [0.3, 0.4) is 0 Å². The van der Waals surface area contributed by atoms with Crippen LogP contribution in [0.5, 0.6) is 0 Å². The number of aliphatic hydroxyl groups is 1. The molecule has 2 aliphatic rings. The maximum atomic E-state index is 10.2. The Hall–Kier alpha value is -0.160. The van der Waals surface area contributed by atoms with Gasteiger partial charge in [-0.3, -0.25) is 4.90 Å².